The summed E-state index contributed by atoms with van der Waals surface area (Å²) in [5.41, 5.74) is 0.926. The van der Waals surface area contributed by atoms with E-state index in [-0.39, 0.29) is 10.4 Å². The van der Waals surface area contributed by atoms with Crippen LogP contribution in [0.1, 0.15) is 5.69 Å². The number of nitrogens with zero attached hydrogens (tertiary/aromatic N) is 4. The Hall–Kier alpha value is -2.55. The smallest absolute Gasteiger partial charge is 0.281 e. The highest BCUT2D eigenvalue weighted by atomic mass is 35.5. The number of halogens is 3. The fraction of sp³-hybridized carbons (Fsp3) is 0.0588. The molecule has 0 amide bonds. The van der Waals surface area contributed by atoms with Crippen molar-refractivity contribution in [1.82, 2.24) is 20.0 Å². The molecule has 0 bridgehead atoms. The molecular weight excluding hydrogens is 412 g/mol. The van der Waals surface area contributed by atoms with Crippen LogP contribution in [0.25, 0.3) is 15.8 Å². The highest BCUT2D eigenvalue weighted by molar-refractivity contribution is 7.22. The maximum Gasteiger partial charge on any atom is 0.281 e. The maximum atomic E-state index is 13.4. The van der Waals surface area contributed by atoms with Crippen LogP contribution in [0.4, 0.5) is 9.52 Å². The largest absolute Gasteiger partial charge is 0.356 e. The zero-order valence-corrected chi connectivity index (χ0v) is 15.8. The van der Waals surface area contributed by atoms with Gasteiger partial charge in [0.25, 0.3) is 5.56 Å². The number of hydrogen-bond acceptors (Lipinski definition) is 6. The number of benzene rings is 2. The molecule has 0 saturated heterocycles. The molecule has 0 aliphatic heterocycles. The second-order valence-electron chi connectivity index (χ2n) is 5.57. The van der Waals surface area contributed by atoms with Crippen molar-refractivity contribution in [2.75, 3.05) is 5.32 Å². The van der Waals surface area contributed by atoms with E-state index in [0.717, 1.165) is 11.8 Å². The molecule has 4 rings (SSSR count). The van der Waals surface area contributed by atoms with Gasteiger partial charge in [-0.1, -0.05) is 39.8 Å². The second kappa shape index (κ2) is 7.22. The Morgan fingerprint density at radius 2 is 1.96 bits per heavy atom. The third-order valence-electron chi connectivity index (χ3n) is 3.69. The van der Waals surface area contributed by atoms with Crippen LogP contribution in [0.3, 0.4) is 0 Å². The lowest BCUT2D eigenvalue weighted by molar-refractivity contribution is 0.630. The number of nitrogens with one attached hydrogen (secondary N) is 1. The van der Waals surface area contributed by atoms with Crippen molar-refractivity contribution in [2.45, 2.75) is 6.54 Å². The van der Waals surface area contributed by atoms with E-state index >= 15 is 0 Å². The lowest BCUT2D eigenvalue weighted by Crippen LogP contribution is -2.10. The van der Waals surface area contributed by atoms with E-state index in [0.29, 0.717) is 27.1 Å². The summed E-state index contributed by atoms with van der Waals surface area (Å²) >= 11 is 13.1. The van der Waals surface area contributed by atoms with Gasteiger partial charge in [0.05, 0.1) is 33.5 Å². The Morgan fingerprint density at radius 3 is 2.74 bits per heavy atom. The number of hydrogen-bond donors (Lipinski definition) is 1. The summed E-state index contributed by atoms with van der Waals surface area (Å²) in [4.78, 5) is 16.0. The Balaban J connectivity index is 1.55. The van der Waals surface area contributed by atoms with Gasteiger partial charge in [0.2, 0.25) is 0 Å². The molecule has 2 heterocycles. The third-order valence-corrected chi connectivity index (χ3v) is 5.43. The van der Waals surface area contributed by atoms with Crippen molar-refractivity contribution in [1.29, 1.82) is 0 Å². The molecule has 0 saturated carbocycles. The normalized spacial score (nSPS) is 11.1. The Kier molecular flexibility index (Phi) is 4.77. The van der Waals surface area contributed by atoms with E-state index in [9.17, 15) is 9.18 Å². The molecule has 0 aliphatic carbocycles. The summed E-state index contributed by atoms with van der Waals surface area (Å²) in [5, 5.41) is 12.5. The van der Waals surface area contributed by atoms with Gasteiger partial charge in [0, 0.05) is 5.02 Å². The van der Waals surface area contributed by atoms with Crippen LogP contribution in [0.15, 0.2) is 47.4 Å². The lowest BCUT2D eigenvalue weighted by Gasteiger charge is -2.04. The average Bonchev–Trinajstić information content (AvgIpc) is 3.10. The molecule has 0 fully saturated rings. The minimum absolute atomic E-state index is 0.157. The van der Waals surface area contributed by atoms with Crippen molar-refractivity contribution >= 4 is 49.8 Å². The molecule has 0 radical (unpaired) electrons. The second-order valence-corrected chi connectivity index (χ2v) is 7.42. The molecule has 2 aromatic carbocycles. The van der Waals surface area contributed by atoms with Crippen molar-refractivity contribution in [2.24, 2.45) is 0 Å². The molecule has 27 heavy (non-hydrogen) atoms. The Morgan fingerprint density at radius 1 is 1.19 bits per heavy atom. The van der Waals surface area contributed by atoms with E-state index in [1.54, 1.807) is 23.0 Å². The summed E-state index contributed by atoms with van der Waals surface area (Å²) < 4.78 is 15.5. The first kappa shape index (κ1) is 17.8. The molecule has 136 valence electrons. The number of rotatable bonds is 4. The summed E-state index contributed by atoms with van der Waals surface area (Å²) in [7, 11) is 0. The molecule has 0 aliphatic rings. The standard InChI is InChI=1S/C17H10Cl2FN5OS/c18-9-1-3-12(4-2-9)25-8-11(23-24-25)7-21-17-22-16(26)13-5-10(20)6-14(19)15(13)27-17/h1-6,8H,7H2,(H,21,22,26). The molecular formula is C17H10Cl2FN5OS. The van der Waals surface area contributed by atoms with Gasteiger partial charge in [0.1, 0.15) is 11.5 Å². The first-order valence-electron chi connectivity index (χ1n) is 7.70. The van der Waals surface area contributed by atoms with Crippen LogP contribution in [-0.4, -0.2) is 20.0 Å². The van der Waals surface area contributed by atoms with Crippen LogP contribution >= 0.6 is 34.5 Å². The topological polar surface area (TPSA) is 72.7 Å². The van der Waals surface area contributed by atoms with E-state index in [1.807, 2.05) is 12.1 Å². The van der Waals surface area contributed by atoms with Gasteiger partial charge >= 0.3 is 0 Å². The van der Waals surface area contributed by atoms with Crippen molar-refractivity contribution in [3.63, 3.8) is 0 Å². The van der Waals surface area contributed by atoms with Crippen LogP contribution in [0.5, 0.6) is 0 Å². The van der Waals surface area contributed by atoms with E-state index < -0.39 is 11.4 Å². The fourth-order valence-electron chi connectivity index (χ4n) is 2.44. The minimum Gasteiger partial charge on any atom is -0.356 e. The van der Waals surface area contributed by atoms with Crippen LogP contribution in [-0.2, 0) is 6.54 Å². The highest BCUT2D eigenvalue weighted by Crippen LogP contribution is 2.29. The minimum atomic E-state index is -0.571. The number of fused-ring (bicyclic) bond motifs is 1. The predicted molar refractivity (Wildman–Crippen MR) is 105 cm³/mol. The summed E-state index contributed by atoms with van der Waals surface area (Å²) in [6, 6.07) is 9.48. The van der Waals surface area contributed by atoms with Gasteiger partial charge in [-0.15, -0.1) is 5.10 Å². The molecule has 10 heteroatoms. The van der Waals surface area contributed by atoms with Crippen molar-refractivity contribution < 1.29 is 4.39 Å². The average molecular weight is 422 g/mol. The lowest BCUT2D eigenvalue weighted by atomic mass is 10.3. The zero-order valence-electron chi connectivity index (χ0n) is 13.5. The third kappa shape index (κ3) is 3.78. The van der Waals surface area contributed by atoms with Crippen LogP contribution < -0.4 is 10.9 Å². The van der Waals surface area contributed by atoms with Crippen LogP contribution in [0, 0.1) is 5.82 Å². The van der Waals surface area contributed by atoms with Gasteiger partial charge in [-0.05, 0) is 36.4 Å². The summed E-state index contributed by atoms with van der Waals surface area (Å²) in [6.07, 6.45) is 1.75. The highest BCUT2D eigenvalue weighted by Gasteiger charge is 2.11. The number of anilines is 1. The van der Waals surface area contributed by atoms with Crippen LogP contribution in [0.2, 0.25) is 10.0 Å². The van der Waals surface area contributed by atoms with E-state index in [1.165, 1.54) is 17.4 Å². The Labute approximate surface area is 166 Å². The van der Waals surface area contributed by atoms with Gasteiger partial charge < -0.3 is 5.32 Å². The summed E-state index contributed by atoms with van der Waals surface area (Å²) in [5.74, 6) is -0.571. The quantitative estimate of drug-likeness (QED) is 0.531. The summed E-state index contributed by atoms with van der Waals surface area (Å²) in [6.45, 7) is 0.306. The predicted octanol–water partition coefficient (Wildman–Crippen LogP) is 4.30. The van der Waals surface area contributed by atoms with Gasteiger partial charge in [-0.25, -0.2) is 9.07 Å². The number of aromatic nitrogens is 4. The first-order chi connectivity index (χ1) is 13.0. The first-order valence-corrected chi connectivity index (χ1v) is 9.28. The Bertz CT molecular complexity index is 1190. The monoisotopic (exact) mass is 421 g/mol. The van der Waals surface area contributed by atoms with Gasteiger partial charge in [-0.3, -0.25) is 4.79 Å². The van der Waals surface area contributed by atoms with Gasteiger partial charge in [-0.2, -0.15) is 4.98 Å². The van der Waals surface area contributed by atoms with E-state index in [4.69, 9.17) is 23.2 Å². The maximum absolute atomic E-state index is 13.4. The molecule has 2 aromatic heterocycles. The molecule has 4 aromatic rings. The zero-order chi connectivity index (χ0) is 19.0. The van der Waals surface area contributed by atoms with Gasteiger partial charge in [0.15, 0.2) is 5.13 Å². The molecule has 6 nitrogen and oxygen atoms in total. The molecule has 0 unspecified atom stereocenters. The van der Waals surface area contributed by atoms with Crippen molar-refractivity contribution in [3.05, 3.63) is 74.5 Å². The van der Waals surface area contributed by atoms with E-state index in [2.05, 4.69) is 20.6 Å². The molecule has 1 N–H and O–H groups in total. The SMILES string of the molecule is O=c1nc(NCc2cn(-c3ccc(Cl)cc3)nn2)sc2c(Cl)cc(F)cc12. The van der Waals surface area contributed by atoms with Crippen molar-refractivity contribution in [3.8, 4) is 5.69 Å². The molecule has 0 spiro atoms. The molecule has 0 atom stereocenters. The fourth-order valence-corrected chi connectivity index (χ4v) is 3.76.